The molecule has 0 saturated heterocycles. The Bertz CT molecular complexity index is 1100. The number of rotatable bonds is 4. The number of nitrogens with zero attached hydrogens (tertiary/aromatic N) is 6. The van der Waals surface area contributed by atoms with Gasteiger partial charge in [-0.25, -0.2) is 9.50 Å². The molecule has 8 nitrogen and oxygen atoms in total. The lowest BCUT2D eigenvalue weighted by Crippen LogP contribution is -2.15. The van der Waals surface area contributed by atoms with Crippen LogP contribution in [0.1, 0.15) is 16.2 Å². The van der Waals surface area contributed by atoms with E-state index in [4.69, 9.17) is 34.8 Å². The van der Waals surface area contributed by atoms with Crippen LogP contribution in [0.4, 0.5) is 5.82 Å². The number of nitrogens with one attached hydrogen (secondary N) is 1. The molecule has 3 heterocycles. The molecule has 11 heteroatoms. The number of anilines is 1. The minimum absolute atomic E-state index is 0.0477. The van der Waals surface area contributed by atoms with Gasteiger partial charge in [0.15, 0.2) is 5.82 Å². The van der Waals surface area contributed by atoms with Gasteiger partial charge in [-0.3, -0.25) is 9.48 Å². The summed E-state index contributed by atoms with van der Waals surface area (Å²) in [6.45, 7) is 0.296. The molecule has 0 atom stereocenters. The summed E-state index contributed by atoms with van der Waals surface area (Å²) in [4.78, 5) is 20.5. The van der Waals surface area contributed by atoms with Crippen molar-refractivity contribution >= 4 is 52.3 Å². The summed E-state index contributed by atoms with van der Waals surface area (Å²) in [7, 11) is 0. The molecule has 0 radical (unpaired) electrons. The molecule has 0 saturated carbocycles. The lowest BCUT2D eigenvalue weighted by atomic mass is 10.2. The van der Waals surface area contributed by atoms with Crippen molar-refractivity contribution in [2.45, 2.75) is 6.54 Å². The molecule has 0 unspecified atom stereocenters. The second-order valence-electron chi connectivity index (χ2n) is 5.48. The first-order chi connectivity index (χ1) is 13.0. The molecule has 0 aliphatic heterocycles. The predicted octanol–water partition coefficient (Wildman–Crippen LogP) is 3.58. The molecular weight excluding hydrogens is 413 g/mol. The smallest absolute Gasteiger partial charge is 0.296 e. The van der Waals surface area contributed by atoms with Gasteiger partial charge in [-0.1, -0.05) is 40.9 Å². The van der Waals surface area contributed by atoms with Gasteiger partial charge in [-0.15, -0.1) is 5.10 Å². The van der Waals surface area contributed by atoms with Crippen LogP contribution in [0.3, 0.4) is 0 Å². The van der Waals surface area contributed by atoms with Gasteiger partial charge in [0.25, 0.3) is 11.7 Å². The lowest BCUT2D eigenvalue weighted by Gasteiger charge is -2.06. The van der Waals surface area contributed by atoms with E-state index in [-0.39, 0.29) is 16.7 Å². The van der Waals surface area contributed by atoms with Crippen LogP contribution < -0.4 is 5.32 Å². The zero-order valence-electron chi connectivity index (χ0n) is 13.5. The summed E-state index contributed by atoms with van der Waals surface area (Å²) in [6, 6.07) is 6.91. The van der Waals surface area contributed by atoms with Crippen LogP contribution in [-0.4, -0.2) is 35.3 Å². The molecule has 0 aliphatic rings. The third-order valence-electron chi connectivity index (χ3n) is 3.65. The van der Waals surface area contributed by atoms with E-state index in [0.29, 0.717) is 27.9 Å². The van der Waals surface area contributed by atoms with Crippen LogP contribution in [0, 0.1) is 0 Å². The van der Waals surface area contributed by atoms with Gasteiger partial charge in [-0.05, 0) is 18.2 Å². The van der Waals surface area contributed by atoms with Crippen molar-refractivity contribution in [1.29, 1.82) is 0 Å². The molecule has 136 valence electrons. The summed E-state index contributed by atoms with van der Waals surface area (Å²) in [6.07, 6.45) is 4.76. The van der Waals surface area contributed by atoms with Crippen LogP contribution in [0.2, 0.25) is 15.1 Å². The van der Waals surface area contributed by atoms with E-state index in [1.165, 1.54) is 9.20 Å². The third-order valence-corrected chi connectivity index (χ3v) is 4.64. The predicted molar refractivity (Wildman–Crippen MR) is 102 cm³/mol. The number of hydrogen-bond donors (Lipinski definition) is 1. The highest BCUT2D eigenvalue weighted by Gasteiger charge is 2.17. The maximum atomic E-state index is 12.4. The van der Waals surface area contributed by atoms with Gasteiger partial charge < -0.3 is 5.32 Å². The fourth-order valence-electron chi connectivity index (χ4n) is 2.40. The quantitative estimate of drug-likeness (QED) is 0.543. The van der Waals surface area contributed by atoms with Crippen molar-refractivity contribution in [3.63, 3.8) is 0 Å². The number of halogens is 3. The van der Waals surface area contributed by atoms with E-state index in [2.05, 4.69) is 25.5 Å². The largest absolute Gasteiger partial charge is 0.301 e. The van der Waals surface area contributed by atoms with E-state index >= 15 is 0 Å². The van der Waals surface area contributed by atoms with Crippen LogP contribution in [0.5, 0.6) is 0 Å². The van der Waals surface area contributed by atoms with Crippen molar-refractivity contribution in [2.24, 2.45) is 0 Å². The Kier molecular flexibility index (Phi) is 4.69. The fraction of sp³-hybridized carbons (Fsp3) is 0.0625. The van der Waals surface area contributed by atoms with Crippen LogP contribution in [-0.2, 0) is 6.54 Å². The molecular formula is C16H10Cl3N7O. The maximum absolute atomic E-state index is 12.4. The Hall–Kier alpha value is -2.68. The molecule has 1 amide bonds. The van der Waals surface area contributed by atoms with Gasteiger partial charge in [0.1, 0.15) is 5.02 Å². The Morgan fingerprint density at radius 3 is 2.59 bits per heavy atom. The first-order valence-electron chi connectivity index (χ1n) is 7.66. The summed E-state index contributed by atoms with van der Waals surface area (Å²) >= 11 is 18.5. The Balaban J connectivity index is 1.55. The number of benzene rings is 1. The summed E-state index contributed by atoms with van der Waals surface area (Å²) in [5.41, 5.74) is 0.700. The average molecular weight is 423 g/mol. The first kappa shape index (κ1) is 17.7. The molecule has 1 N–H and O–H groups in total. The molecule has 0 aliphatic carbocycles. The fourth-order valence-corrected chi connectivity index (χ4v) is 3.12. The molecule has 27 heavy (non-hydrogen) atoms. The topological polar surface area (TPSA) is 90.0 Å². The second-order valence-corrected chi connectivity index (χ2v) is 6.70. The third kappa shape index (κ3) is 3.59. The zero-order chi connectivity index (χ0) is 19.0. The van der Waals surface area contributed by atoms with Crippen LogP contribution >= 0.6 is 34.8 Å². The Labute approximate surface area is 167 Å². The van der Waals surface area contributed by atoms with Gasteiger partial charge in [-0.2, -0.15) is 10.1 Å². The van der Waals surface area contributed by atoms with Gasteiger partial charge in [0.05, 0.1) is 6.54 Å². The van der Waals surface area contributed by atoms with E-state index in [1.807, 2.05) is 0 Å². The number of carbonyl (C=O) groups excluding carboxylic acids is 1. The Morgan fingerprint density at radius 1 is 1.07 bits per heavy atom. The number of aromatic nitrogens is 6. The Morgan fingerprint density at radius 2 is 1.85 bits per heavy atom. The van der Waals surface area contributed by atoms with E-state index in [1.54, 1.807) is 42.9 Å². The van der Waals surface area contributed by atoms with Crippen molar-refractivity contribution < 1.29 is 4.79 Å². The highest BCUT2D eigenvalue weighted by molar-refractivity contribution is 6.36. The minimum Gasteiger partial charge on any atom is -0.301 e. The minimum atomic E-state index is -0.552. The molecule has 0 fully saturated rings. The molecule has 4 rings (SSSR count). The SMILES string of the molecule is O=C(Nc1nn(Cc2c(Cl)cccc2Cl)cc1Cl)c1nc2ncccn2n1. The molecule has 1 aromatic carbocycles. The molecule has 4 aromatic rings. The van der Waals surface area contributed by atoms with Crippen molar-refractivity contribution in [3.8, 4) is 0 Å². The van der Waals surface area contributed by atoms with Gasteiger partial charge >= 0.3 is 0 Å². The first-order valence-corrected chi connectivity index (χ1v) is 8.79. The molecule has 3 aromatic heterocycles. The summed E-state index contributed by atoms with van der Waals surface area (Å²) < 4.78 is 2.93. The van der Waals surface area contributed by atoms with Crippen LogP contribution in [0.25, 0.3) is 5.78 Å². The number of carbonyl (C=O) groups is 1. The van der Waals surface area contributed by atoms with Gasteiger partial charge in [0.2, 0.25) is 5.82 Å². The van der Waals surface area contributed by atoms with Crippen molar-refractivity contribution in [2.75, 3.05) is 5.32 Å². The summed E-state index contributed by atoms with van der Waals surface area (Å²) in [5.74, 6) is -0.110. The number of hydrogen-bond acceptors (Lipinski definition) is 5. The van der Waals surface area contributed by atoms with E-state index in [0.717, 1.165) is 0 Å². The highest BCUT2D eigenvalue weighted by Crippen LogP contribution is 2.27. The highest BCUT2D eigenvalue weighted by atomic mass is 35.5. The monoisotopic (exact) mass is 421 g/mol. The van der Waals surface area contributed by atoms with Crippen molar-refractivity contribution in [3.05, 3.63) is 69.3 Å². The zero-order valence-corrected chi connectivity index (χ0v) is 15.7. The molecule has 0 spiro atoms. The normalized spacial score (nSPS) is 11.1. The summed E-state index contributed by atoms with van der Waals surface area (Å²) in [5, 5.41) is 12.2. The molecule has 0 bridgehead atoms. The second kappa shape index (κ2) is 7.15. The van der Waals surface area contributed by atoms with E-state index < -0.39 is 5.91 Å². The van der Waals surface area contributed by atoms with Crippen molar-refractivity contribution in [1.82, 2.24) is 29.4 Å². The van der Waals surface area contributed by atoms with Gasteiger partial charge in [0, 0.05) is 34.2 Å². The number of amides is 1. The lowest BCUT2D eigenvalue weighted by molar-refractivity contribution is 0.101. The average Bonchev–Trinajstić information content (AvgIpc) is 3.22. The van der Waals surface area contributed by atoms with Crippen LogP contribution in [0.15, 0.2) is 42.9 Å². The number of fused-ring (bicyclic) bond motifs is 1. The van der Waals surface area contributed by atoms with E-state index in [9.17, 15) is 4.79 Å². The standard InChI is InChI=1S/C16H10Cl3N7O/c17-10-3-1-4-11(18)9(10)7-25-8-12(19)13(23-25)21-15(27)14-22-16-20-5-2-6-26(16)24-14/h1-6,8H,7H2,(H,21,23,27). The maximum Gasteiger partial charge on any atom is 0.296 e.